The number of hydrogen-bond donors (Lipinski definition) is 0. The Morgan fingerprint density at radius 2 is 1.74 bits per heavy atom. The van der Waals surface area contributed by atoms with Crippen LogP contribution in [-0.2, 0) is 11.4 Å². The standard InChI is InChI=1S/C16H14ClNO/c1-2-13-7-3-4-9-15(13)12-19-18-11-14-8-5-6-10-16(14)17/h2-11H,1,12H2. The second-order valence-electron chi connectivity index (χ2n) is 3.93. The van der Waals surface area contributed by atoms with E-state index >= 15 is 0 Å². The van der Waals surface area contributed by atoms with E-state index in [0.717, 1.165) is 16.7 Å². The molecule has 0 aliphatic rings. The molecule has 0 atom stereocenters. The lowest BCUT2D eigenvalue weighted by atomic mass is 10.1. The predicted octanol–water partition coefficient (Wildman–Crippen LogP) is 4.53. The van der Waals surface area contributed by atoms with Crippen LogP contribution in [0.4, 0.5) is 0 Å². The van der Waals surface area contributed by atoms with Crippen molar-refractivity contribution in [2.75, 3.05) is 0 Å². The van der Waals surface area contributed by atoms with Crippen LogP contribution < -0.4 is 0 Å². The Bertz CT molecular complexity index is 593. The Labute approximate surface area is 118 Å². The van der Waals surface area contributed by atoms with Gasteiger partial charge in [0.15, 0.2) is 0 Å². The van der Waals surface area contributed by atoms with E-state index in [1.807, 2.05) is 48.5 Å². The molecule has 2 aromatic rings. The maximum absolute atomic E-state index is 6.01. The molecule has 0 N–H and O–H groups in total. The lowest BCUT2D eigenvalue weighted by Crippen LogP contribution is -1.91. The lowest BCUT2D eigenvalue weighted by molar-refractivity contribution is 0.132. The van der Waals surface area contributed by atoms with Gasteiger partial charge in [-0.15, -0.1) is 0 Å². The zero-order valence-corrected chi connectivity index (χ0v) is 11.2. The molecule has 0 aliphatic carbocycles. The summed E-state index contributed by atoms with van der Waals surface area (Å²) >= 11 is 6.01. The summed E-state index contributed by atoms with van der Waals surface area (Å²) in [5.74, 6) is 0. The van der Waals surface area contributed by atoms with Gasteiger partial charge in [-0.2, -0.15) is 0 Å². The first-order valence-corrected chi connectivity index (χ1v) is 6.29. The average molecular weight is 272 g/mol. The van der Waals surface area contributed by atoms with Gasteiger partial charge in [-0.05, 0) is 17.2 Å². The van der Waals surface area contributed by atoms with Gasteiger partial charge in [0, 0.05) is 10.6 Å². The molecular formula is C16H14ClNO. The minimum absolute atomic E-state index is 0.406. The highest BCUT2D eigenvalue weighted by molar-refractivity contribution is 6.33. The molecule has 2 nitrogen and oxygen atoms in total. The number of rotatable bonds is 5. The van der Waals surface area contributed by atoms with Crippen LogP contribution in [0.25, 0.3) is 6.08 Å². The monoisotopic (exact) mass is 271 g/mol. The first-order chi connectivity index (χ1) is 9.31. The van der Waals surface area contributed by atoms with Gasteiger partial charge >= 0.3 is 0 Å². The molecule has 0 saturated carbocycles. The van der Waals surface area contributed by atoms with Crippen LogP contribution in [0.3, 0.4) is 0 Å². The lowest BCUT2D eigenvalue weighted by Gasteiger charge is -2.04. The minimum Gasteiger partial charge on any atom is -0.391 e. The van der Waals surface area contributed by atoms with Gasteiger partial charge < -0.3 is 4.84 Å². The number of hydrogen-bond acceptors (Lipinski definition) is 2. The van der Waals surface area contributed by atoms with E-state index in [4.69, 9.17) is 16.4 Å². The highest BCUT2D eigenvalue weighted by Crippen LogP contribution is 2.13. The second kappa shape index (κ2) is 6.76. The summed E-state index contributed by atoms with van der Waals surface area (Å²) in [5.41, 5.74) is 2.94. The highest BCUT2D eigenvalue weighted by Gasteiger charge is 1.98. The molecule has 0 spiro atoms. The summed E-state index contributed by atoms with van der Waals surface area (Å²) < 4.78 is 0. The summed E-state index contributed by atoms with van der Waals surface area (Å²) in [7, 11) is 0. The molecule has 0 fully saturated rings. The Balaban J connectivity index is 1.97. The van der Waals surface area contributed by atoms with Crippen LogP contribution >= 0.6 is 11.6 Å². The van der Waals surface area contributed by atoms with E-state index in [1.165, 1.54) is 0 Å². The molecule has 3 heteroatoms. The molecule has 2 rings (SSSR count). The third kappa shape index (κ3) is 3.70. The maximum atomic E-state index is 6.01. The fourth-order valence-electron chi connectivity index (χ4n) is 1.65. The molecule has 96 valence electrons. The maximum Gasteiger partial charge on any atom is 0.142 e. The number of oxime groups is 1. The molecule has 0 aromatic heterocycles. The Kier molecular flexibility index (Phi) is 4.76. The molecule has 19 heavy (non-hydrogen) atoms. The first kappa shape index (κ1) is 13.4. The third-order valence-electron chi connectivity index (χ3n) is 2.67. The summed E-state index contributed by atoms with van der Waals surface area (Å²) in [6.45, 7) is 4.17. The zero-order chi connectivity index (χ0) is 13.5. The van der Waals surface area contributed by atoms with Gasteiger partial charge in [0.05, 0.1) is 6.21 Å². The van der Waals surface area contributed by atoms with Gasteiger partial charge in [-0.1, -0.05) is 71.9 Å². The van der Waals surface area contributed by atoms with Gasteiger partial charge in [0.2, 0.25) is 0 Å². The van der Waals surface area contributed by atoms with Crippen LogP contribution in [0.1, 0.15) is 16.7 Å². The van der Waals surface area contributed by atoms with Crippen molar-refractivity contribution in [1.82, 2.24) is 0 Å². The van der Waals surface area contributed by atoms with Crippen molar-refractivity contribution in [3.8, 4) is 0 Å². The third-order valence-corrected chi connectivity index (χ3v) is 3.01. The van der Waals surface area contributed by atoms with Crippen molar-refractivity contribution in [3.05, 3.63) is 76.8 Å². The molecule has 0 radical (unpaired) electrons. The van der Waals surface area contributed by atoms with E-state index in [2.05, 4.69) is 11.7 Å². The molecular weight excluding hydrogens is 258 g/mol. The van der Waals surface area contributed by atoms with Crippen molar-refractivity contribution in [1.29, 1.82) is 0 Å². The van der Waals surface area contributed by atoms with E-state index in [1.54, 1.807) is 12.3 Å². The predicted molar refractivity (Wildman–Crippen MR) is 80.4 cm³/mol. The normalized spacial score (nSPS) is 10.6. The van der Waals surface area contributed by atoms with Gasteiger partial charge in [0.1, 0.15) is 6.61 Å². The SMILES string of the molecule is C=Cc1ccccc1CON=Cc1ccccc1Cl. The summed E-state index contributed by atoms with van der Waals surface area (Å²) in [6.07, 6.45) is 3.41. The Hall–Kier alpha value is -2.06. The number of benzene rings is 2. The minimum atomic E-state index is 0.406. The topological polar surface area (TPSA) is 21.6 Å². The quantitative estimate of drug-likeness (QED) is 0.578. The van der Waals surface area contributed by atoms with Crippen molar-refractivity contribution in [2.45, 2.75) is 6.61 Å². The Morgan fingerprint density at radius 3 is 2.47 bits per heavy atom. The zero-order valence-electron chi connectivity index (χ0n) is 10.4. The van der Waals surface area contributed by atoms with E-state index in [0.29, 0.717) is 11.6 Å². The van der Waals surface area contributed by atoms with E-state index < -0.39 is 0 Å². The van der Waals surface area contributed by atoms with E-state index in [9.17, 15) is 0 Å². The molecule has 0 saturated heterocycles. The van der Waals surface area contributed by atoms with Gasteiger partial charge in [0.25, 0.3) is 0 Å². The van der Waals surface area contributed by atoms with Crippen LogP contribution in [0.2, 0.25) is 5.02 Å². The van der Waals surface area contributed by atoms with Crippen LogP contribution in [0, 0.1) is 0 Å². The van der Waals surface area contributed by atoms with Gasteiger partial charge in [-0.25, -0.2) is 0 Å². The molecule has 0 amide bonds. The van der Waals surface area contributed by atoms with E-state index in [-0.39, 0.29) is 0 Å². The second-order valence-corrected chi connectivity index (χ2v) is 4.34. The van der Waals surface area contributed by atoms with Crippen LogP contribution in [-0.4, -0.2) is 6.21 Å². The van der Waals surface area contributed by atoms with Crippen molar-refractivity contribution in [2.24, 2.45) is 5.16 Å². The molecule has 0 aliphatic heterocycles. The number of halogens is 1. The molecule has 2 aromatic carbocycles. The fraction of sp³-hybridized carbons (Fsp3) is 0.0625. The largest absolute Gasteiger partial charge is 0.391 e. The average Bonchev–Trinajstić information content (AvgIpc) is 2.45. The summed E-state index contributed by atoms with van der Waals surface area (Å²) in [4.78, 5) is 5.28. The van der Waals surface area contributed by atoms with Crippen molar-refractivity contribution < 1.29 is 4.84 Å². The molecule has 0 unspecified atom stereocenters. The molecule has 0 bridgehead atoms. The van der Waals surface area contributed by atoms with Crippen LogP contribution in [0.15, 0.2) is 60.3 Å². The molecule has 0 heterocycles. The van der Waals surface area contributed by atoms with Crippen LogP contribution in [0.5, 0.6) is 0 Å². The summed E-state index contributed by atoms with van der Waals surface area (Å²) in [5, 5.41) is 4.58. The highest BCUT2D eigenvalue weighted by atomic mass is 35.5. The Morgan fingerprint density at radius 1 is 1.05 bits per heavy atom. The van der Waals surface area contributed by atoms with Crippen molar-refractivity contribution >= 4 is 23.9 Å². The van der Waals surface area contributed by atoms with Gasteiger partial charge in [-0.3, -0.25) is 0 Å². The summed E-state index contributed by atoms with van der Waals surface area (Å²) in [6, 6.07) is 15.4. The first-order valence-electron chi connectivity index (χ1n) is 5.91. The number of nitrogens with zero attached hydrogens (tertiary/aromatic N) is 1. The van der Waals surface area contributed by atoms with Crippen molar-refractivity contribution in [3.63, 3.8) is 0 Å². The fourth-order valence-corrected chi connectivity index (χ4v) is 1.83. The smallest absolute Gasteiger partial charge is 0.142 e.